The lowest BCUT2D eigenvalue weighted by Crippen LogP contribution is -2.19. The first-order valence-corrected chi connectivity index (χ1v) is 8.40. The van der Waals surface area contributed by atoms with Crippen LogP contribution in [0.5, 0.6) is 5.75 Å². The molecule has 1 saturated heterocycles. The molecule has 0 radical (unpaired) electrons. The molecular formula is C16H18N4O2S. The summed E-state index contributed by atoms with van der Waals surface area (Å²) >= 11 is 1.34. The van der Waals surface area contributed by atoms with Gasteiger partial charge in [0, 0.05) is 6.42 Å². The summed E-state index contributed by atoms with van der Waals surface area (Å²) in [6.45, 7) is 0.636. The Balaban J connectivity index is 1.78. The fourth-order valence-electron chi connectivity index (χ4n) is 1.88. The number of amidine groups is 1. The molecule has 1 fully saturated rings. The number of hydrogen-bond donors (Lipinski definition) is 1. The third kappa shape index (κ3) is 6.53. The van der Waals surface area contributed by atoms with Crippen molar-refractivity contribution in [2.45, 2.75) is 25.7 Å². The van der Waals surface area contributed by atoms with Crippen LogP contribution in [0.15, 0.2) is 34.5 Å². The predicted molar refractivity (Wildman–Crippen MR) is 91.6 cm³/mol. The van der Waals surface area contributed by atoms with E-state index in [0.29, 0.717) is 23.9 Å². The molecule has 1 aliphatic heterocycles. The Morgan fingerprint density at radius 1 is 1.39 bits per heavy atom. The number of unbranched alkanes of at least 4 members (excludes halogenated alkanes) is 3. The zero-order chi connectivity index (χ0) is 16.3. The summed E-state index contributed by atoms with van der Waals surface area (Å²) in [7, 11) is 0. The molecule has 0 spiro atoms. The van der Waals surface area contributed by atoms with Crippen molar-refractivity contribution in [1.29, 1.82) is 5.26 Å². The van der Waals surface area contributed by atoms with Gasteiger partial charge >= 0.3 is 0 Å². The number of rotatable bonds is 8. The lowest BCUT2D eigenvalue weighted by atomic mass is 10.2. The van der Waals surface area contributed by atoms with Crippen LogP contribution in [-0.2, 0) is 4.79 Å². The highest BCUT2D eigenvalue weighted by molar-refractivity contribution is 8.15. The highest BCUT2D eigenvalue weighted by atomic mass is 32.2. The van der Waals surface area contributed by atoms with E-state index in [1.54, 1.807) is 6.21 Å². The third-order valence-electron chi connectivity index (χ3n) is 3.00. The molecule has 120 valence electrons. The summed E-state index contributed by atoms with van der Waals surface area (Å²) in [5.41, 5.74) is 0.880. The van der Waals surface area contributed by atoms with Crippen molar-refractivity contribution in [2.75, 3.05) is 12.4 Å². The molecule has 0 atom stereocenters. The van der Waals surface area contributed by atoms with Crippen LogP contribution in [-0.4, -0.2) is 29.6 Å². The Kier molecular flexibility index (Phi) is 7.14. The molecule has 0 aliphatic carbocycles. The van der Waals surface area contributed by atoms with Crippen molar-refractivity contribution in [3.8, 4) is 11.8 Å². The van der Waals surface area contributed by atoms with Crippen LogP contribution in [0.1, 0.15) is 31.2 Å². The minimum absolute atomic E-state index is 0.0471. The van der Waals surface area contributed by atoms with E-state index in [2.05, 4.69) is 21.6 Å². The van der Waals surface area contributed by atoms with Gasteiger partial charge in [0.25, 0.3) is 0 Å². The van der Waals surface area contributed by atoms with Crippen LogP contribution in [0.3, 0.4) is 0 Å². The van der Waals surface area contributed by atoms with Gasteiger partial charge in [0.15, 0.2) is 5.17 Å². The van der Waals surface area contributed by atoms with Gasteiger partial charge in [-0.05, 0) is 37.0 Å². The molecule has 1 N–H and O–H groups in total. The molecule has 1 amide bonds. The monoisotopic (exact) mass is 330 g/mol. The Morgan fingerprint density at radius 3 is 3.09 bits per heavy atom. The van der Waals surface area contributed by atoms with Crippen LogP contribution < -0.4 is 10.1 Å². The molecule has 7 heteroatoms. The average molecular weight is 330 g/mol. The van der Waals surface area contributed by atoms with Crippen molar-refractivity contribution in [2.24, 2.45) is 10.2 Å². The minimum atomic E-state index is -0.0471. The standard InChI is InChI=1S/C16H18N4O2S/c17-8-3-1-2-4-9-22-14-7-5-6-13(10-14)11-18-20-16-19-15(21)12-23-16/h5-7,10-11H,1-4,9,12H2,(H,19,20,21). The maximum Gasteiger partial charge on any atom is 0.236 e. The fraction of sp³-hybridized carbons (Fsp3) is 0.375. The Labute approximate surface area is 139 Å². The van der Waals surface area contributed by atoms with Gasteiger partial charge in [-0.2, -0.15) is 10.4 Å². The Morgan fingerprint density at radius 2 is 2.30 bits per heavy atom. The van der Waals surface area contributed by atoms with Crippen molar-refractivity contribution in [1.82, 2.24) is 5.32 Å². The number of benzene rings is 1. The second-order valence-corrected chi connectivity index (χ2v) is 5.84. The maximum atomic E-state index is 11.0. The van der Waals surface area contributed by atoms with Crippen LogP contribution in [0, 0.1) is 11.3 Å². The molecule has 1 aromatic rings. The number of amides is 1. The van der Waals surface area contributed by atoms with Crippen LogP contribution in [0.2, 0.25) is 0 Å². The van der Waals surface area contributed by atoms with Crippen molar-refractivity contribution in [3.63, 3.8) is 0 Å². The fourth-order valence-corrected chi connectivity index (χ4v) is 2.52. The predicted octanol–water partition coefficient (Wildman–Crippen LogP) is 2.70. The van der Waals surface area contributed by atoms with Crippen LogP contribution in [0.25, 0.3) is 0 Å². The number of ether oxygens (including phenoxy) is 1. The normalized spacial score (nSPS) is 15.8. The number of thioether (sulfide) groups is 1. The summed E-state index contributed by atoms with van der Waals surface area (Å²) in [6, 6.07) is 9.72. The molecular weight excluding hydrogens is 312 g/mol. The highest BCUT2D eigenvalue weighted by Crippen LogP contribution is 2.13. The zero-order valence-corrected chi connectivity index (χ0v) is 13.5. The van der Waals surface area contributed by atoms with Gasteiger partial charge in [0.1, 0.15) is 5.75 Å². The number of hydrogen-bond acceptors (Lipinski definition) is 6. The van der Waals surface area contributed by atoms with Crippen molar-refractivity contribution in [3.05, 3.63) is 29.8 Å². The summed E-state index contributed by atoms with van der Waals surface area (Å²) in [5, 5.41) is 19.5. The average Bonchev–Trinajstić information content (AvgIpc) is 2.97. The van der Waals surface area contributed by atoms with E-state index in [9.17, 15) is 4.79 Å². The number of carbonyl (C=O) groups excluding carboxylic acids is 1. The molecule has 1 heterocycles. The summed E-state index contributed by atoms with van der Waals surface area (Å²) in [5.74, 6) is 1.13. The number of carbonyl (C=O) groups is 1. The van der Waals surface area contributed by atoms with Gasteiger partial charge in [-0.25, -0.2) is 0 Å². The highest BCUT2D eigenvalue weighted by Gasteiger charge is 2.15. The van der Waals surface area contributed by atoms with E-state index in [1.807, 2.05) is 24.3 Å². The van der Waals surface area contributed by atoms with Gasteiger partial charge in [-0.15, -0.1) is 5.10 Å². The lowest BCUT2D eigenvalue weighted by molar-refractivity contribution is -0.116. The third-order valence-corrected chi connectivity index (χ3v) is 3.87. The van der Waals surface area contributed by atoms with Gasteiger partial charge in [-0.1, -0.05) is 23.9 Å². The lowest BCUT2D eigenvalue weighted by Gasteiger charge is -2.06. The largest absolute Gasteiger partial charge is 0.494 e. The molecule has 1 aliphatic rings. The summed E-state index contributed by atoms with van der Waals surface area (Å²) in [6.07, 6.45) is 5.08. The second kappa shape index (κ2) is 9.64. The smallest absolute Gasteiger partial charge is 0.236 e. The molecule has 6 nitrogen and oxygen atoms in total. The first kappa shape index (κ1) is 17.0. The number of nitriles is 1. The summed E-state index contributed by atoms with van der Waals surface area (Å²) < 4.78 is 5.68. The van der Waals surface area contributed by atoms with E-state index in [4.69, 9.17) is 10.00 Å². The quantitative estimate of drug-likeness (QED) is 0.451. The van der Waals surface area contributed by atoms with Crippen LogP contribution in [0.4, 0.5) is 0 Å². The van der Waals surface area contributed by atoms with Gasteiger partial charge in [-0.3, -0.25) is 4.79 Å². The first-order valence-electron chi connectivity index (χ1n) is 7.41. The van der Waals surface area contributed by atoms with E-state index < -0.39 is 0 Å². The van der Waals surface area contributed by atoms with E-state index in [1.165, 1.54) is 11.8 Å². The summed E-state index contributed by atoms with van der Waals surface area (Å²) in [4.78, 5) is 11.0. The van der Waals surface area contributed by atoms with E-state index in [0.717, 1.165) is 30.6 Å². The number of nitrogens with one attached hydrogen (secondary N) is 1. The van der Waals surface area contributed by atoms with Gasteiger partial charge < -0.3 is 10.1 Å². The molecule has 0 saturated carbocycles. The van der Waals surface area contributed by atoms with E-state index >= 15 is 0 Å². The SMILES string of the molecule is N#CCCCCCOc1cccc(C=NN=C2NC(=O)CS2)c1. The first-order chi connectivity index (χ1) is 11.3. The van der Waals surface area contributed by atoms with Crippen LogP contribution >= 0.6 is 11.8 Å². The Hall–Kier alpha value is -2.33. The van der Waals surface area contributed by atoms with Crippen molar-refractivity contribution >= 4 is 29.1 Å². The minimum Gasteiger partial charge on any atom is -0.494 e. The molecule has 0 bridgehead atoms. The topological polar surface area (TPSA) is 86.8 Å². The molecule has 0 aromatic heterocycles. The van der Waals surface area contributed by atoms with Crippen molar-refractivity contribution < 1.29 is 9.53 Å². The molecule has 0 unspecified atom stereocenters. The van der Waals surface area contributed by atoms with E-state index in [-0.39, 0.29) is 5.91 Å². The number of nitrogens with zero attached hydrogens (tertiary/aromatic N) is 3. The molecule has 23 heavy (non-hydrogen) atoms. The molecule has 1 aromatic carbocycles. The zero-order valence-electron chi connectivity index (χ0n) is 12.7. The molecule has 2 rings (SSSR count). The van der Waals surface area contributed by atoms with Gasteiger partial charge in [0.05, 0.1) is 24.6 Å². The maximum absolute atomic E-state index is 11.0. The van der Waals surface area contributed by atoms with Gasteiger partial charge in [0.2, 0.25) is 5.91 Å². The second-order valence-electron chi connectivity index (χ2n) is 4.88. The Bertz CT molecular complexity index is 637.